The van der Waals surface area contributed by atoms with Crippen LogP contribution in [0.5, 0.6) is 5.75 Å². The number of benzene rings is 2. The lowest BCUT2D eigenvalue weighted by atomic mass is 10.2. The normalized spacial score (nSPS) is 10.9. The van der Waals surface area contributed by atoms with Gasteiger partial charge in [0.05, 0.1) is 12.1 Å². The molecule has 1 amide bonds. The molecule has 164 valence electrons. The SMILES string of the molecule is Cc1onc(C(=O)Nc2nn(Cc3ccc(F)cc3)cc2Cl)c1COc1cccc(F)c1. The highest BCUT2D eigenvalue weighted by molar-refractivity contribution is 6.33. The van der Waals surface area contributed by atoms with Crippen molar-refractivity contribution in [2.75, 3.05) is 5.32 Å². The van der Waals surface area contributed by atoms with Crippen LogP contribution in [0.3, 0.4) is 0 Å². The average Bonchev–Trinajstić information content (AvgIpc) is 3.30. The van der Waals surface area contributed by atoms with Gasteiger partial charge in [0.15, 0.2) is 11.5 Å². The van der Waals surface area contributed by atoms with Crippen molar-refractivity contribution in [1.29, 1.82) is 0 Å². The van der Waals surface area contributed by atoms with Crippen LogP contribution in [0, 0.1) is 18.6 Å². The van der Waals surface area contributed by atoms with Crippen LogP contribution in [0.4, 0.5) is 14.6 Å². The molecule has 7 nitrogen and oxygen atoms in total. The lowest BCUT2D eigenvalue weighted by Crippen LogP contribution is -2.16. The molecule has 0 saturated heterocycles. The number of rotatable bonds is 7. The van der Waals surface area contributed by atoms with E-state index in [2.05, 4.69) is 15.6 Å². The van der Waals surface area contributed by atoms with Gasteiger partial charge in [-0.3, -0.25) is 9.48 Å². The van der Waals surface area contributed by atoms with Crippen molar-refractivity contribution in [1.82, 2.24) is 14.9 Å². The first-order chi connectivity index (χ1) is 15.4. The predicted octanol–water partition coefficient (Wildman–Crippen LogP) is 4.99. The Labute approximate surface area is 186 Å². The molecule has 1 N–H and O–H groups in total. The van der Waals surface area contributed by atoms with Crippen molar-refractivity contribution >= 4 is 23.3 Å². The van der Waals surface area contributed by atoms with Gasteiger partial charge in [-0.2, -0.15) is 5.10 Å². The summed E-state index contributed by atoms with van der Waals surface area (Å²) in [6.45, 7) is 1.93. The third-order valence-electron chi connectivity index (χ3n) is 4.59. The number of ether oxygens (including phenoxy) is 1. The molecule has 0 radical (unpaired) electrons. The molecule has 2 aromatic heterocycles. The Bertz CT molecular complexity index is 1250. The van der Waals surface area contributed by atoms with E-state index in [0.717, 1.165) is 5.56 Å². The zero-order valence-corrected chi connectivity index (χ0v) is 17.6. The Kier molecular flexibility index (Phi) is 6.18. The smallest absolute Gasteiger partial charge is 0.279 e. The van der Waals surface area contributed by atoms with Gasteiger partial charge in [0.2, 0.25) is 0 Å². The second-order valence-corrected chi connectivity index (χ2v) is 7.32. The number of halogens is 3. The third kappa shape index (κ3) is 4.94. The van der Waals surface area contributed by atoms with Gasteiger partial charge in [0.1, 0.15) is 34.8 Å². The summed E-state index contributed by atoms with van der Waals surface area (Å²) >= 11 is 6.21. The molecular formula is C22H17ClF2N4O3. The Morgan fingerprint density at radius 2 is 1.97 bits per heavy atom. The fourth-order valence-electron chi connectivity index (χ4n) is 2.96. The fraction of sp³-hybridized carbons (Fsp3) is 0.136. The molecule has 0 spiro atoms. The zero-order chi connectivity index (χ0) is 22.7. The van der Waals surface area contributed by atoms with Crippen LogP contribution in [0.2, 0.25) is 5.02 Å². The molecule has 4 rings (SSSR count). The lowest BCUT2D eigenvalue weighted by molar-refractivity contribution is 0.101. The summed E-state index contributed by atoms with van der Waals surface area (Å²) in [6, 6.07) is 11.6. The molecule has 0 bridgehead atoms. The van der Waals surface area contributed by atoms with Gasteiger partial charge in [0.25, 0.3) is 5.91 Å². The molecule has 0 fully saturated rings. The maximum atomic E-state index is 13.3. The molecule has 0 aliphatic carbocycles. The van der Waals surface area contributed by atoms with E-state index in [1.54, 1.807) is 31.3 Å². The van der Waals surface area contributed by atoms with Crippen LogP contribution >= 0.6 is 11.6 Å². The quantitative estimate of drug-likeness (QED) is 0.422. The van der Waals surface area contributed by atoms with Gasteiger partial charge in [0, 0.05) is 12.3 Å². The number of amides is 1. The summed E-state index contributed by atoms with van der Waals surface area (Å²) in [5.41, 5.74) is 1.23. The molecule has 0 atom stereocenters. The largest absolute Gasteiger partial charge is 0.489 e. The Hall–Kier alpha value is -3.72. The van der Waals surface area contributed by atoms with E-state index in [-0.39, 0.29) is 29.0 Å². The molecule has 2 heterocycles. The van der Waals surface area contributed by atoms with Crippen LogP contribution in [0.25, 0.3) is 0 Å². The second-order valence-electron chi connectivity index (χ2n) is 6.92. The number of anilines is 1. The molecular weight excluding hydrogens is 442 g/mol. The molecule has 2 aromatic carbocycles. The molecule has 0 unspecified atom stereocenters. The van der Waals surface area contributed by atoms with Crippen LogP contribution < -0.4 is 10.1 Å². The van der Waals surface area contributed by atoms with Gasteiger partial charge < -0.3 is 14.6 Å². The second kappa shape index (κ2) is 9.19. The zero-order valence-electron chi connectivity index (χ0n) is 16.8. The predicted molar refractivity (Wildman–Crippen MR) is 113 cm³/mol. The summed E-state index contributed by atoms with van der Waals surface area (Å²) in [5.74, 6) is -0.530. The van der Waals surface area contributed by atoms with Crippen molar-refractivity contribution < 1.29 is 22.8 Å². The molecule has 0 aliphatic rings. The van der Waals surface area contributed by atoms with Crippen molar-refractivity contribution in [3.63, 3.8) is 0 Å². The van der Waals surface area contributed by atoms with Crippen molar-refractivity contribution in [2.24, 2.45) is 0 Å². The summed E-state index contributed by atoms with van der Waals surface area (Å²) in [5, 5.41) is 10.9. The van der Waals surface area contributed by atoms with E-state index in [1.807, 2.05) is 0 Å². The van der Waals surface area contributed by atoms with Crippen molar-refractivity contribution in [3.8, 4) is 5.75 Å². The van der Waals surface area contributed by atoms with Gasteiger partial charge >= 0.3 is 0 Å². The highest BCUT2D eigenvalue weighted by atomic mass is 35.5. The van der Waals surface area contributed by atoms with Gasteiger partial charge in [-0.1, -0.05) is 35.0 Å². The first-order valence-corrected chi connectivity index (χ1v) is 9.89. The average molecular weight is 459 g/mol. The van der Waals surface area contributed by atoms with Crippen LogP contribution in [-0.2, 0) is 13.2 Å². The third-order valence-corrected chi connectivity index (χ3v) is 4.86. The van der Waals surface area contributed by atoms with Gasteiger partial charge in [-0.15, -0.1) is 0 Å². The number of aryl methyl sites for hydroxylation is 1. The first-order valence-electron chi connectivity index (χ1n) is 9.51. The number of nitrogens with zero attached hydrogens (tertiary/aromatic N) is 3. The number of carbonyl (C=O) groups is 1. The first kappa shape index (κ1) is 21.5. The van der Waals surface area contributed by atoms with E-state index >= 15 is 0 Å². The minimum atomic E-state index is -0.589. The fourth-order valence-corrected chi connectivity index (χ4v) is 3.16. The molecule has 0 aliphatic heterocycles. The maximum absolute atomic E-state index is 13.3. The van der Waals surface area contributed by atoms with Crippen molar-refractivity contribution in [2.45, 2.75) is 20.1 Å². The molecule has 0 saturated carbocycles. The topological polar surface area (TPSA) is 82.2 Å². The van der Waals surface area contributed by atoms with E-state index in [4.69, 9.17) is 20.9 Å². The Balaban J connectivity index is 1.46. The van der Waals surface area contributed by atoms with E-state index in [0.29, 0.717) is 23.6 Å². The van der Waals surface area contributed by atoms with Gasteiger partial charge in [-0.25, -0.2) is 8.78 Å². The van der Waals surface area contributed by atoms with Crippen LogP contribution in [0.15, 0.2) is 59.3 Å². The molecule has 10 heteroatoms. The van der Waals surface area contributed by atoms with E-state index < -0.39 is 11.7 Å². The summed E-state index contributed by atoms with van der Waals surface area (Å²) in [4.78, 5) is 12.8. The maximum Gasteiger partial charge on any atom is 0.279 e. The number of nitrogens with one attached hydrogen (secondary N) is 1. The minimum absolute atomic E-state index is 0.00283. The molecule has 4 aromatic rings. The minimum Gasteiger partial charge on any atom is -0.489 e. The monoisotopic (exact) mass is 458 g/mol. The van der Waals surface area contributed by atoms with E-state index in [1.165, 1.54) is 35.0 Å². The summed E-state index contributed by atoms with van der Waals surface area (Å²) in [6.07, 6.45) is 1.54. The Morgan fingerprint density at radius 1 is 1.19 bits per heavy atom. The lowest BCUT2D eigenvalue weighted by Gasteiger charge is -2.07. The van der Waals surface area contributed by atoms with E-state index in [9.17, 15) is 13.6 Å². The highest BCUT2D eigenvalue weighted by Gasteiger charge is 2.22. The van der Waals surface area contributed by atoms with Gasteiger partial charge in [-0.05, 0) is 36.8 Å². The number of carbonyl (C=O) groups excluding carboxylic acids is 1. The highest BCUT2D eigenvalue weighted by Crippen LogP contribution is 2.23. The molecule has 32 heavy (non-hydrogen) atoms. The van der Waals surface area contributed by atoms with Crippen molar-refractivity contribution in [3.05, 3.63) is 94.0 Å². The number of aromatic nitrogens is 3. The number of hydrogen-bond acceptors (Lipinski definition) is 5. The summed E-state index contributed by atoms with van der Waals surface area (Å²) < 4.78 is 38.6. The Morgan fingerprint density at radius 3 is 2.72 bits per heavy atom. The standard InChI is InChI=1S/C22H17ClF2N4O3/c1-13-18(12-31-17-4-2-3-16(25)9-17)20(28-32-13)22(30)26-21-19(23)11-29(27-21)10-14-5-7-15(24)8-6-14/h2-9,11H,10,12H2,1H3,(H,26,27,30). The summed E-state index contributed by atoms with van der Waals surface area (Å²) in [7, 11) is 0. The number of hydrogen-bond donors (Lipinski definition) is 1. The van der Waals surface area contributed by atoms with Crippen LogP contribution in [0.1, 0.15) is 27.4 Å². The van der Waals surface area contributed by atoms with Crippen LogP contribution in [-0.4, -0.2) is 20.8 Å².